The van der Waals surface area contributed by atoms with Crippen molar-refractivity contribution in [2.24, 2.45) is 0 Å². The van der Waals surface area contributed by atoms with Crippen LogP contribution in [-0.2, 0) is 16.4 Å². The predicted molar refractivity (Wildman–Crippen MR) is 110 cm³/mol. The molecule has 1 N–H and O–H groups in total. The molecule has 0 bridgehead atoms. The Labute approximate surface area is 170 Å². The molecule has 0 spiro atoms. The van der Waals surface area contributed by atoms with Crippen LogP contribution in [-0.4, -0.2) is 62.9 Å². The van der Waals surface area contributed by atoms with Crippen molar-refractivity contribution in [2.75, 3.05) is 32.7 Å². The third kappa shape index (κ3) is 4.81. The summed E-state index contributed by atoms with van der Waals surface area (Å²) in [5, 5.41) is 2.10. The zero-order chi connectivity index (χ0) is 19.6. The predicted octanol–water partition coefficient (Wildman–Crippen LogP) is 2.19. The average molecular weight is 420 g/mol. The lowest BCUT2D eigenvalue weighted by Gasteiger charge is -2.34. The molecule has 8 heteroatoms. The lowest BCUT2D eigenvalue weighted by molar-refractivity contribution is 0.0638. The third-order valence-electron chi connectivity index (χ3n) is 5.22. The molecule has 0 unspecified atom stereocenters. The van der Waals surface area contributed by atoms with E-state index in [1.165, 1.54) is 17.0 Å². The van der Waals surface area contributed by atoms with E-state index in [-0.39, 0.29) is 16.8 Å². The average Bonchev–Trinajstić information content (AvgIpc) is 3.35. The fraction of sp³-hybridized carbons (Fsp3) is 0.450. The van der Waals surface area contributed by atoms with Gasteiger partial charge in [0.05, 0.1) is 4.90 Å². The number of benzene rings is 1. The van der Waals surface area contributed by atoms with Gasteiger partial charge in [0.2, 0.25) is 10.0 Å². The number of rotatable bonds is 7. The molecular formula is C20H25N3O3S2. The number of nitrogens with one attached hydrogen (secondary N) is 1. The molecule has 1 saturated carbocycles. The van der Waals surface area contributed by atoms with Gasteiger partial charge < -0.3 is 4.90 Å². The van der Waals surface area contributed by atoms with Crippen LogP contribution in [0.3, 0.4) is 0 Å². The maximum Gasteiger partial charge on any atom is 0.253 e. The summed E-state index contributed by atoms with van der Waals surface area (Å²) in [5.41, 5.74) is 0.539. The van der Waals surface area contributed by atoms with Gasteiger partial charge in [0, 0.05) is 49.2 Å². The summed E-state index contributed by atoms with van der Waals surface area (Å²) in [6.45, 7) is 4.16. The second-order valence-corrected chi connectivity index (χ2v) is 10.1. The quantitative estimate of drug-likeness (QED) is 0.747. The smallest absolute Gasteiger partial charge is 0.253 e. The molecule has 4 rings (SSSR count). The lowest BCUT2D eigenvalue weighted by atomic mass is 10.2. The number of piperazine rings is 1. The van der Waals surface area contributed by atoms with Crippen LogP contribution in [0, 0.1) is 0 Å². The minimum absolute atomic E-state index is 0.0305. The van der Waals surface area contributed by atoms with Gasteiger partial charge in [-0.3, -0.25) is 9.69 Å². The number of hydrogen-bond donors (Lipinski definition) is 1. The number of nitrogens with zero attached hydrogens (tertiary/aromatic N) is 2. The van der Waals surface area contributed by atoms with Crippen LogP contribution in [0.25, 0.3) is 0 Å². The number of carbonyl (C=O) groups excluding carboxylic acids is 1. The van der Waals surface area contributed by atoms with Gasteiger partial charge in [-0.1, -0.05) is 6.07 Å². The van der Waals surface area contributed by atoms with Crippen molar-refractivity contribution in [2.45, 2.75) is 30.2 Å². The first-order valence-corrected chi connectivity index (χ1v) is 12.0. The van der Waals surface area contributed by atoms with E-state index in [4.69, 9.17) is 0 Å². The molecule has 1 amide bonds. The van der Waals surface area contributed by atoms with E-state index in [1.54, 1.807) is 23.5 Å². The summed E-state index contributed by atoms with van der Waals surface area (Å²) in [5.74, 6) is -0.0305. The Bertz CT molecular complexity index is 899. The third-order valence-corrected chi connectivity index (χ3v) is 7.70. The molecule has 1 aliphatic carbocycles. The van der Waals surface area contributed by atoms with Gasteiger partial charge in [-0.15, -0.1) is 11.3 Å². The van der Waals surface area contributed by atoms with E-state index in [9.17, 15) is 13.2 Å². The second-order valence-electron chi connectivity index (χ2n) is 7.38. The van der Waals surface area contributed by atoms with Crippen LogP contribution in [0.1, 0.15) is 28.1 Å². The number of amides is 1. The van der Waals surface area contributed by atoms with Crippen molar-refractivity contribution in [3.05, 3.63) is 52.2 Å². The molecule has 150 valence electrons. The first-order chi connectivity index (χ1) is 13.5. The summed E-state index contributed by atoms with van der Waals surface area (Å²) in [6.07, 6.45) is 2.85. The van der Waals surface area contributed by atoms with Gasteiger partial charge in [-0.2, -0.15) is 0 Å². The van der Waals surface area contributed by atoms with E-state index < -0.39 is 10.0 Å². The summed E-state index contributed by atoms with van der Waals surface area (Å²) in [6, 6.07) is 10.6. The van der Waals surface area contributed by atoms with Gasteiger partial charge in [-0.25, -0.2) is 13.1 Å². The summed E-state index contributed by atoms with van der Waals surface area (Å²) in [7, 11) is -3.48. The maximum atomic E-state index is 12.7. The fourth-order valence-corrected chi connectivity index (χ4v) is 5.35. The molecule has 2 aliphatic rings. The highest BCUT2D eigenvalue weighted by molar-refractivity contribution is 7.89. The van der Waals surface area contributed by atoms with E-state index >= 15 is 0 Å². The van der Waals surface area contributed by atoms with Crippen molar-refractivity contribution in [1.82, 2.24) is 14.5 Å². The maximum absolute atomic E-state index is 12.7. The molecule has 1 aromatic carbocycles. The Hall–Kier alpha value is -1.74. The Morgan fingerprint density at radius 3 is 2.39 bits per heavy atom. The molecule has 1 saturated heterocycles. The Kier molecular flexibility index (Phi) is 5.82. The minimum Gasteiger partial charge on any atom is -0.336 e. The standard InChI is InChI=1S/C20H25N3O3S2/c24-20(16-3-7-19(8-4-16)28(25,26)21-17-5-6-17)23-13-11-22(12-14-23)10-9-18-2-1-15-27-18/h1-4,7-8,15,17,21H,5-6,9-14H2. The Balaban J connectivity index is 1.30. The molecule has 1 aliphatic heterocycles. The van der Waals surface area contributed by atoms with E-state index in [0.29, 0.717) is 18.7 Å². The summed E-state index contributed by atoms with van der Waals surface area (Å²) < 4.78 is 27.1. The molecule has 6 nitrogen and oxygen atoms in total. The number of carbonyl (C=O) groups is 1. The van der Waals surface area contributed by atoms with Crippen LogP contribution in [0.2, 0.25) is 0 Å². The van der Waals surface area contributed by atoms with Crippen molar-refractivity contribution in [1.29, 1.82) is 0 Å². The summed E-state index contributed by atoms with van der Waals surface area (Å²) in [4.78, 5) is 18.6. The minimum atomic E-state index is -3.48. The van der Waals surface area contributed by atoms with Crippen molar-refractivity contribution >= 4 is 27.3 Å². The highest BCUT2D eigenvalue weighted by atomic mass is 32.2. The van der Waals surface area contributed by atoms with Gasteiger partial charge in [0.15, 0.2) is 0 Å². The first-order valence-electron chi connectivity index (χ1n) is 9.68. The van der Waals surface area contributed by atoms with Crippen LogP contribution < -0.4 is 4.72 Å². The lowest BCUT2D eigenvalue weighted by Crippen LogP contribution is -2.49. The molecule has 0 radical (unpaired) electrons. The van der Waals surface area contributed by atoms with Gasteiger partial charge in [0.25, 0.3) is 5.91 Å². The number of thiophene rings is 1. The highest BCUT2D eigenvalue weighted by Crippen LogP contribution is 2.22. The van der Waals surface area contributed by atoms with E-state index in [2.05, 4.69) is 27.1 Å². The van der Waals surface area contributed by atoms with E-state index in [0.717, 1.165) is 38.9 Å². The number of hydrogen-bond acceptors (Lipinski definition) is 5. The highest BCUT2D eigenvalue weighted by Gasteiger charge is 2.28. The SMILES string of the molecule is O=C(c1ccc(S(=O)(=O)NC2CC2)cc1)N1CCN(CCc2cccs2)CC1. The van der Waals surface area contributed by atoms with Crippen molar-refractivity contribution < 1.29 is 13.2 Å². The molecule has 0 atom stereocenters. The van der Waals surface area contributed by atoms with Crippen molar-refractivity contribution in [3.8, 4) is 0 Å². The van der Waals surface area contributed by atoms with Crippen LogP contribution in [0.5, 0.6) is 0 Å². The van der Waals surface area contributed by atoms with E-state index in [1.807, 2.05) is 4.90 Å². The van der Waals surface area contributed by atoms with Crippen LogP contribution in [0.15, 0.2) is 46.7 Å². The molecule has 2 fully saturated rings. The molecule has 2 aromatic rings. The molecule has 2 heterocycles. The zero-order valence-electron chi connectivity index (χ0n) is 15.7. The number of sulfonamides is 1. The largest absolute Gasteiger partial charge is 0.336 e. The first kappa shape index (κ1) is 19.6. The topological polar surface area (TPSA) is 69.7 Å². The van der Waals surface area contributed by atoms with Crippen LogP contribution in [0.4, 0.5) is 0 Å². The monoisotopic (exact) mass is 419 g/mol. The zero-order valence-corrected chi connectivity index (χ0v) is 17.3. The normalized spacial score (nSPS) is 18.4. The molecular weight excluding hydrogens is 394 g/mol. The fourth-order valence-electron chi connectivity index (χ4n) is 3.35. The Morgan fingerprint density at radius 2 is 1.79 bits per heavy atom. The second kappa shape index (κ2) is 8.32. The summed E-state index contributed by atoms with van der Waals surface area (Å²) >= 11 is 1.79. The molecule has 1 aromatic heterocycles. The molecule has 28 heavy (non-hydrogen) atoms. The van der Waals surface area contributed by atoms with Crippen LogP contribution >= 0.6 is 11.3 Å². The van der Waals surface area contributed by atoms with Gasteiger partial charge in [0.1, 0.15) is 0 Å². The van der Waals surface area contributed by atoms with Crippen molar-refractivity contribution in [3.63, 3.8) is 0 Å². The van der Waals surface area contributed by atoms with Gasteiger partial charge >= 0.3 is 0 Å². The Morgan fingerprint density at radius 1 is 1.07 bits per heavy atom. The van der Waals surface area contributed by atoms with Gasteiger partial charge in [-0.05, 0) is 55.0 Å².